The Balaban J connectivity index is 2.00. The fraction of sp³-hybridized carbons (Fsp3) is 0. The minimum absolute atomic E-state index is 0.227. The zero-order valence-corrected chi connectivity index (χ0v) is 17.5. The molecule has 3 aromatic carbocycles. The van der Waals surface area contributed by atoms with Crippen molar-refractivity contribution in [2.75, 3.05) is 0 Å². The van der Waals surface area contributed by atoms with E-state index >= 15 is 0 Å². The van der Waals surface area contributed by atoms with Crippen LogP contribution in [0.25, 0.3) is 28.7 Å². The maximum Gasteiger partial charge on any atom is 0.266 e. The summed E-state index contributed by atoms with van der Waals surface area (Å²) in [5.74, 6) is 0.443. The largest absolute Gasteiger partial charge is 0.268 e. The minimum atomic E-state index is -0.227. The maximum absolute atomic E-state index is 13.3. The van der Waals surface area contributed by atoms with Crippen molar-refractivity contribution in [3.63, 3.8) is 0 Å². The average Bonchev–Trinajstić information content (AvgIpc) is 2.68. The van der Waals surface area contributed by atoms with Gasteiger partial charge in [0.15, 0.2) is 0 Å². The molecule has 0 bridgehead atoms. The van der Waals surface area contributed by atoms with Gasteiger partial charge in [-0.3, -0.25) is 9.36 Å². The molecule has 0 saturated carbocycles. The van der Waals surface area contributed by atoms with Gasteiger partial charge in [-0.25, -0.2) is 4.98 Å². The molecule has 0 aliphatic heterocycles. The second kappa shape index (κ2) is 7.92. The molecule has 1 heterocycles. The minimum Gasteiger partial charge on any atom is -0.268 e. The van der Waals surface area contributed by atoms with Crippen LogP contribution >= 0.6 is 39.1 Å². The molecule has 0 fully saturated rings. The third-order valence-corrected chi connectivity index (χ3v) is 5.34. The highest BCUT2D eigenvalue weighted by molar-refractivity contribution is 9.10. The Morgan fingerprint density at radius 3 is 2.36 bits per heavy atom. The lowest BCUT2D eigenvalue weighted by Crippen LogP contribution is -2.23. The topological polar surface area (TPSA) is 34.9 Å². The third kappa shape index (κ3) is 3.63. The van der Waals surface area contributed by atoms with E-state index in [1.807, 2.05) is 42.5 Å². The fourth-order valence-electron chi connectivity index (χ4n) is 2.96. The van der Waals surface area contributed by atoms with Crippen LogP contribution in [0.5, 0.6) is 0 Å². The van der Waals surface area contributed by atoms with E-state index in [4.69, 9.17) is 23.2 Å². The first-order valence-electron chi connectivity index (χ1n) is 8.44. The first-order chi connectivity index (χ1) is 13.5. The van der Waals surface area contributed by atoms with Gasteiger partial charge in [-0.15, -0.1) is 0 Å². The fourth-order valence-corrected chi connectivity index (χ4v) is 3.94. The normalized spacial score (nSPS) is 11.4. The molecule has 1 aromatic heterocycles. The summed E-state index contributed by atoms with van der Waals surface area (Å²) in [7, 11) is 0. The summed E-state index contributed by atoms with van der Waals surface area (Å²) < 4.78 is 2.43. The summed E-state index contributed by atoms with van der Waals surface area (Å²) in [6.07, 6.45) is 3.68. The van der Waals surface area contributed by atoms with Crippen LogP contribution in [-0.4, -0.2) is 9.55 Å². The molecule has 0 N–H and O–H groups in total. The van der Waals surface area contributed by atoms with Crippen LogP contribution in [-0.2, 0) is 0 Å². The number of halogens is 3. The first-order valence-corrected chi connectivity index (χ1v) is 9.99. The van der Waals surface area contributed by atoms with Crippen LogP contribution in [0, 0.1) is 0 Å². The number of hydrogen-bond acceptors (Lipinski definition) is 2. The van der Waals surface area contributed by atoms with Gasteiger partial charge in [0.1, 0.15) is 5.82 Å². The van der Waals surface area contributed by atoms with Crippen LogP contribution in [0.4, 0.5) is 0 Å². The second-order valence-corrected chi connectivity index (χ2v) is 7.82. The van der Waals surface area contributed by atoms with Crippen molar-refractivity contribution in [1.29, 1.82) is 0 Å². The van der Waals surface area contributed by atoms with Crippen LogP contribution in [0.15, 0.2) is 76.0 Å². The van der Waals surface area contributed by atoms with E-state index in [1.165, 1.54) is 4.57 Å². The molecule has 4 rings (SSSR count). The van der Waals surface area contributed by atoms with Gasteiger partial charge in [0, 0.05) is 4.47 Å². The van der Waals surface area contributed by atoms with Gasteiger partial charge < -0.3 is 0 Å². The van der Waals surface area contributed by atoms with Crippen molar-refractivity contribution < 1.29 is 0 Å². The van der Waals surface area contributed by atoms with Gasteiger partial charge in [0.25, 0.3) is 5.56 Å². The van der Waals surface area contributed by atoms with E-state index in [0.29, 0.717) is 32.5 Å². The van der Waals surface area contributed by atoms with E-state index in [9.17, 15) is 4.79 Å². The zero-order chi connectivity index (χ0) is 19.7. The predicted molar refractivity (Wildman–Crippen MR) is 120 cm³/mol. The number of rotatable bonds is 3. The van der Waals surface area contributed by atoms with Crippen LogP contribution < -0.4 is 5.56 Å². The third-order valence-electron chi connectivity index (χ3n) is 4.24. The molecule has 0 spiro atoms. The van der Waals surface area contributed by atoms with Crippen LogP contribution in [0.3, 0.4) is 0 Å². The average molecular weight is 472 g/mol. The van der Waals surface area contributed by atoms with Crippen molar-refractivity contribution in [3.05, 3.63) is 103 Å². The lowest BCUT2D eigenvalue weighted by Gasteiger charge is -2.14. The standard InChI is InChI=1S/C22H13BrCl2N2O/c23-15-6-3-5-14(13-15)11-12-20-26-19-10-2-1-7-16(19)22(28)27(20)21-17(24)8-4-9-18(21)25/h1-13H/b12-11+. The van der Waals surface area contributed by atoms with Crippen molar-refractivity contribution in [3.8, 4) is 5.69 Å². The molecule has 0 saturated heterocycles. The van der Waals surface area contributed by atoms with E-state index in [2.05, 4.69) is 20.9 Å². The highest BCUT2D eigenvalue weighted by atomic mass is 79.9. The lowest BCUT2D eigenvalue weighted by atomic mass is 10.2. The van der Waals surface area contributed by atoms with Gasteiger partial charge in [-0.1, -0.05) is 75.5 Å². The Kier molecular flexibility index (Phi) is 5.36. The highest BCUT2D eigenvalue weighted by Crippen LogP contribution is 2.29. The van der Waals surface area contributed by atoms with Crippen molar-refractivity contribution in [1.82, 2.24) is 9.55 Å². The van der Waals surface area contributed by atoms with E-state index in [-0.39, 0.29) is 5.56 Å². The van der Waals surface area contributed by atoms with E-state index < -0.39 is 0 Å². The molecule has 0 amide bonds. The molecule has 3 nitrogen and oxygen atoms in total. The van der Waals surface area contributed by atoms with Gasteiger partial charge >= 0.3 is 0 Å². The van der Waals surface area contributed by atoms with E-state index in [0.717, 1.165) is 10.0 Å². The summed E-state index contributed by atoms with van der Waals surface area (Å²) in [5.41, 5.74) is 1.77. The number of nitrogens with zero attached hydrogens (tertiary/aromatic N) is 2. The van der Waals surface area contributed by atoms with E-state index in [1.54, 1.807) is 36.4 Å². The number of hydrogen-bond donors (Lipinski definition) is 0. The second-order valence-electron chi connectivity index (χ2n) is 6.09. The molecule has 0 aliphatic carbocycles. The maximum atomic E-state index is 13.3. The molecular weight excluding hydrogens is 459 g/mol. The van der Waals surface area contributed by atoms with Crippen molar-refractivity contribution >= 4 is 62.2 Å². The molecule has 0 atom stereocenters. The smallest absolute Gasteiger partial charge is 0.266 e. The Hall–Kier alpha value is -2.40. The number of benzene rings is 3. The Labute approximate surface area is 180 Å². The van der Waals surface area contributed by atoms with Gasteiger partial charge in [0.2, 0.25) is 0 Å². The van der Waals surface area contributed by atoms with Crippen LogP contribution in [0.1, 0.15) is 11.4 Å². The number of aromatic nitrogens is 2. The van der Waals surface area contributed by atoms with Gasteiger partial charge in [0.05, 0.1) is 26.6 Å². The Morgan fingerprint density at radius 1 is 0.893 bits per heavy atom. The summed E-state index contributed by atoms with van der Waals surface area (Å²) in [5, 5.41) is 1.26. The molecule has 4 aromatic rings. The molecule has 0 radical (unpaired) electrons. The summed E-state index contributed by atoms with van der Waals surface area (Å²) >= 11 is 16.3. The monoisotopic (exact) mass is 470 g/mol. The first kappa shape index (κ1) is 18.9. The zero-order valence-electron chi connectivity index (χ0n) is 14.4. The molecular formula is C22H13BrCl2N2O. The molecule has 0 unspecified atom stereocenters. The molecule has 6 heteroatoms. The summed E-state index contributed by atoms with van der Waals surface area (Å²) in [6.45, 7) is 0. The van der Waals surface area contributed by atoms with Crippen molar-refractivity contribution in [2.24, 2.45) is 0 Å². The van der Waals surface area contributed by atoms with Crippen LogP contribution in [0.2, 0.25) is 10.0 Å². The van der Waals surface area contributed by atoms with Gasteiger partial charge in [-0.05, 0) is 48.0 Å². The quantitative estimate of drug-likeness (QED) is 0.336. The summed E-state index contributed by atoms with van der Waals surface area (Å²) in [4.78, 5) is 18.0. The van der Waals surface area contributed by atoms with Gasteiger partial charge in [-0.2, -0.15) is 0 Å². The molecule has 0 aliphatic rings. The predicted octanol–water partition coefficient (Wildman–Crippen LogP) is 6.63. The number of fused-ring (bicyclic) bond motifs is 1. The number of para-hydroxylation sites is 2. The Morgan fingerprint density at radius 2 is 1.61 bits per heavy atom. The lowest BCUT2D eigenvalue weighted by molar-refractivity contribution is 0.944. The highest BCUT2D eigenvalue weighted by Gasteiger charge is 2.16. The SMILES string of the molecule is O=c1c2ccccc2nc(/C=C/c2cccc(Br)c2)n1-c1c(Cl)cccc1Cl. The summed E-state index contributed by atoms with van der Waals surface area (Å²) in [6, 6.07) is 20.2. The molecule has 138 valence electrons. The molecule has 28 heavy (non-hydrogen) atoms. The Bertz CT molecular complexity index is 1260. The van der Waals surface area contributed by atoms with Crippen molar-refractivity contribution in [2.45, 2.75) is 0 Å².